The van der Waals surface area contributed by atoms with Crippen molar-refractivity contribution in [1.29, 1.82) is 0 Å². The van der Waals surface area contributed by atoms with Crippen LogP contribution in [0.3, 0.4) is 0 Å². The summed E-state index contributed by atoms with van der Waals surface area (Å²) in [4.78, 5) is 9.81. The lowest BCUT2D eigenvalue weighted by Gasteiger charge is -1.92. The molecule has 3 nitrogen and oxygen atoms in total. The third-order valence-corrected chi connectivity index (χ3v) is 1.08. The molecule has 2 N–H and O–H groups in total. The first-order valence-electron chi connectivity index (χ1n) is 3.35. The number of nitrogens with two attached hydrogens (primary N) is 1. The lowest BCUT2D eigenvalue weighted by atomic mass is 10.2. The van der Waals surface area contributed by atoms with Gasteiger partial charge >= 0.3 is 0 Å². The third-order valence-electron chi connectivity index (χ3n) is 1.08. The molecular formula is C7H12NO2-. The Morgan fingerprint density at radius 2 is 2.20 bits per heavy atom. The Bertz CT molecular complexity index is 121. The average molecular weight is 142 g/mol. The van der Waals surface area contributed by atoms with Gasteiger partial charge in [-0.1, -0.05) is 6.08 Å². The topological polar surface area (TPSA) is 66.2 Å². The largest absolute Gasteiger partial charge is 0.545 e. The summed E-state index contributed by atoms with van der Waals surface area (Å²) in [6.07, 6.45) is 5.30. The molecule has 0 saturated heterocycles. The fraction of sp³-hybridized carbons (Fsp3) is 0.571. The lowest BCUT2D eigenvalue weighted by molar-refractivity contribution is -0.297. The minimum Gasteiger partial charge on any atom is -0.545 e. The zero-order valence-electron chi connectivity index (χ0n) is 5.88. The molecule has 0 fully saturated rings. The van der Waals surface area contributed by atoms with Crippen molar-refractivity contribution in [2.24, 2.45) is 5.73 Å². The molecule has 0 bridgehead atoms. The van der Waals surface area contributed by atoms with Gasteiger partial charge in [-0.3, -0.25) is 0 Å². The van der Waals surface area contributed by atoms with E-state index in [0.29, 0.717) is 6.54 Å². The van der Waals surface area contributed by atoms with Crippen molar-refractivity contribution in [3.8, 4) is 0 Å². The Balaban J connectivity index is 3.10. The molecule has 0 aromatic heterocycles. The summed E-state index contributed by atoms with van der Waals surface area (Å²) in [5, 5.41) is 9.81. The summed E-state index contributed by atoms with van der Waals surface area (Å²) in [7, 11) is 0. The van der Waals surface area contributed by atoms with Gasteiger partial charge in [0.05, 0.1) is 5.97 Å². The van der Waals surface area contributed by atoms with Gasteiger partial charge in [0, 0.05) is 0 Å². The van der Waals surface area contributed by atoms with E-state index in [1.807, 2.05) is 0 Å². The molecule has 0 spiro atoms. The number of unbranched alkanes of at least 4 members (excludes halogenated alkanes) is 2. The highest BCUT2D eigenvalue weighted by Gasteiger charge is 1.80. The van der Waals surface area contributed by atoms with E-state index in [4.69, 9.17) is 5.73 Å². The molecule has 0 saturated carbocycles. The summed E-state index contributed by atoms with van der Waals surface area (Å²) in [6, 6.07) is 0. The van der Waals surface area contributed by atoms with Crippen molar-refractivity contribution >= 4 is 5.97 Å². The number of aliphatic carboxylic acids is 1. The first-order valence-corrected chi connectivity index (χ1v) is 3.35. The molecule has 0 aliphatic heterocycles. The molecule has 0 radical (unpaired) electrons. The van der Waals surface area contributed by atoms with Crippen LogP contribution in [-0.2, 0) is 4.79 Å². The van der Waals surface area contributed by atoms with Crippen LogP contribution in [-0.4, -0.2) is 12.5 Å². The highest BCUT2D eigenvalue weighted by molar-refractivity contribution is 5.77. The Labute approximate surface area is 60.5 Å². The van der Waals surface area contributed by atoms with E-state index in [1.165, 1.54) is 0 Å². The average Bonchev–Trinajstić information content (AvgIpc) is 1.87. The molecule has 0 aliphatic rings. The Kier molecular flexibility index (Phi) is 5.77. The fourth-order valence-electron chi connectivity index (χ4n) is 0.586. The second-order valence-corrected chi connectivity index (χ2v) is 2.01. The molecule has 0 amide bonds. The van der Waals surface area contributed by atoms with Crippen LogP contribution in [0.5, 0.6) is 0 Å². The number of carbonyl (C=O) groups excluding carboxylic acids is 1. The van der Waals surface area contributed by atoms with Gasteiger partial charge in [0.15, 0.2) is 0 Å². The third kappa shape index (κ3) is 7.17. The maximum atomic E-state index is 9.81. The van der Waals surface area contributed by atoms with E-state index in [9.17, 15) is 9.90 Å². The molecule has 0 heterocycles. The zero-order chi connectivity index (χ0) is 7.82. The van der Waals surface area contributed by atoms with Gasteiger partial charge in [0.25, 0.3) is 0 Å². The van der Waals surface area contributed by atoms with Crippen molar-refractivity contribution in [3.63, 3.8) is 0 Å². The van der Waals surface area contributed by atoms with Crippen LogP contribution in [0.4, 0.5) is 0 Å². The Hall–Kier alpha value is -0.830. The van der Waals surface area contributed by atoms with Crippen LogP contribution in [0.2, 0.25) is 0 Å². The van der Waals surface area contributed by atoms with E-state index in [-0.39, 0.29) is 0 Å². The summed E-state index contributed by atoms with van der Waals surface area (Å²) >= 11 is 0. The molecule has 0 aliphatic carbocycles. The van der Waals surface area contributed by atoms with Crippen LogP contribution in [0.15, 0.2) is 12.2 Å². The highest BCUT2D eigenvalue weighted by atomic mass is 16.4. The maximum absolute atomic E-state index is 9.81. The summed E-state index contributed by atoms with van der Waals surface area (Å²) in [6.45, 7) is 0.666. The molecule has 58 valence electrons. The maximum Gasteiger partial charge on any atom is 0.0639 e. The molecular weight excluding hydrogens is 130 g/mol. The molecule has 0 aromatic rings. The van der Waals surface area contributed by atoms with Crippen molar-refractivity contribution in [2.75, 3.05) is 6.54 Å². The minimum absolute atomic E-state index is 0.666. The Morgan fingerprint density at radius 1 is 1.50 bits per heavy atom. The van der Waals surface area contributed by atoms with Gasteiger partial charge < -0.3 is 15.6 Å². The van der Waals surface area contributed by atoms with Gasteiger partial charge in [0.2, 0.25) is 0 Å². The van der Waals surface area contributed by atoms with Crippen molar-refractivity contribution < 1.29 is 9.90 Å². The van der Waals surface area contributed by atoms with Crippen molar-refractivity contribution in [3.05, 3.63) is 12.2 Å². The number of hydrogen-bond donors (Lipinski definition) is 1. The second kappa shape index (κ2) is 6.29. The highest BCUT2D eigenvalue weighted by Crippen LogP contribution is 1.93. The first-order chi connectivity index (χ1) is 4.77. The van der Waals surface area contributed by atoms with Crippen LogP contribution < -0.4 is 10.8 Å². The van der Waals surface area contributed by atoms with E-state index in [1.54, 1.807) is 6.08 Å². The number of carbonyl (C=O) groups is 1. The zero-order valence-corrected chi connectivity index (χ0v) is 5.88. The standard InChI is InChI=1S/C7H13NO2/c8-6-4-2-1-3-5-7(9)10/h3,5H,1-2,4,6,8H2,(H,9,10)/p-1/b5-3+. The molecule has 10 heavy (non-hydrogen) atoms. The fourth-order valence-corrected chi connectivity index (χ4v) is 0.586. The first kappa shape index (κ1) is 9.17. The summed E-state index contributed by atoms with van der Waals surface area (Å²) in [5.41, 5.74) is 5.22. The minimum atomic E-state index is -1.13. The van der Waals surface area contributed by atoms with Gasteiger partial charge in [-0.2, -0.15) is 0 Å². The normalized spacial score (nSPS) is 10.5. The van der Waals surface area contributed by atoms with Gasteiger partial charge in [-0.05, 0) is 31.9 Å². The van der Waals surface area contributed by atoms with Crippen LogP contribution in [0.25, 0.3) is 0 Å². The number of hydrogen-bond acceptors (Lipinski definition) is 3. The number of rotatable bonds is 5. The van der Waals surface area contributed by atoms with Gasteiger partial charge in [-0.25, -0.2) is 0 Å². The van der Waals surface area contributed by atoms with Crippen LogP contribution in [0, 0.1) is 0 Å². The monoisotopic (exact) mass is 142 g/mol. The lowest BCUT2D eigenvalue weighted by Crippen LogP contribution is -2.18. The predicted octanol–water partition coefficient (Wildman–Crippen LogP) is -0.579. The van der Waals surface area contributed by atoms with Gasteiger partial charge in [-0.15, -0.1) is 0 Å². The molecule has 0 atom stereocenters. The number of carboxylic acids is 1. The van der Waals surface area contributed by atoms with Crippen LogP contribution in [0.1, 0.15) is 19.3 Å². The molecule has 0 aromatic carbocycles. The van der Waals surface area contributed by atoms with Crippen molar-refractivity contribution in [1.82, 2.24) is 0 Å². The van der Waals surface area contributed by atoms with E-state index in [0.717, 1.165) is 25.3 Å². The van der Waals surface area contributed by atoms with Crippen molar-refractivity contribution in [2.45, 2.75) is 19.3 Å². The molecule has 0 unspecified atom stereocenters. The van der Waals surface area contributed by atoms with E-state index < -0.39 is 5.97 Å². The summed E-state index contributed by atoms with van der Waals surface area (Å²) < 4.78 is 0. The number of carboxylic acid groups (broad SMARTS) is 1. The van der Waals surface area contributed by atoms with E-state index >= 15 is 0 Å². The number of allylic oxidation sites excluding steroid dienone is 1. The molecule has 3 heteroatoms. The molecule has 0 rings (SSSR count). The predicted molar refractivity (Wildman–Crippen MR) is 37.1 cm³/mol. The SMILES string of the molecule is NCCCC/C=C/C(=O)[O-]. The smallest absolute Gasteiger partial charge is 0.0639 e. The quantitative estimate of drug-likeness (QED) is 0.412. The van der Waals surface area contributed by atoms with Crippen LogP contribution >= 0.6 is 0 Å². The Morgan fingerprint density at radius 3 is 2.70 bits per heavy atom. The van der Waals surface area contributed by atoms with Gasteiger partial charge in [0.1, 0.15) is 0 Å². The van der Waals surface area contributed by atoms with E-state index in [2.05, 4.69) is 0 Å². The summed E-state index contributed by atoms with van der Waals surface area (Å²) in [5.74, 6) is -1.13. The second-order valence-electron chi connectivity index (χ2n) is 2.01.